The Kier molecular flexibility index (Phi) is 3.19. The smallest absolute Gasteiger partial charge is 0.205 e. The summed E-state index contributed by atoms with van der Waals surface area (Å²) in [6, 6.07) is 3.18. The summed E-state index contributed by atoms with van der Waals surface area (Å²) in [6.07, 6.45) is 1.25. The number of thiazole rings is 1. The molecule has 2 rings (SSSR count). The number of hydrogen-bond acceptors (Lipinski definition) is 5. The van der Waals surface area contributed by atoms with E-state index in [0.29, 0.717) is 10.6 Å². The largest absolute Gasteiger partial charge is 0.461 e. The molecule has 0 unspecified atom stereocenters. The second kappa shape index (κ2) is 4.63. The standard InChI is InChI=1S/C12H11NO3S/c1-7-12(17-8(2)13-7)10(15)6-9(14)11-4-3-5-16-11/h3-5H,6H2,1-2H3. The minimum absolute atomic E-state index is 0.171. The number of aromatic nitrogens is 1. The number of Topliss-reactive ketones (excluding diaryl/α,β-unsaturated/α-hetero) is 2. The summed E-state index contributed by atoms with van der Waals surface area (Å²) in [5, 5.41) is 0.830. The molecule has 2 aromatic heterocycles. The third-order valence-corrected chi connectivity index (χ3v) is 3.39. The normalized spacial score (nSPS) is 10.5. The molecule has 2 aromatic rings. The Hall–Kier alpha value is -1.75. The number of ketones is 2. The molecule has 0 aliphatic rings. The number of nitrogens with zero attached hydrogens (tertiary/aromatic N) is 1. The molecule has 0 aliphatic carbocycles. The Labute approximate surface area is 102 Å². The predicted octanol–water partition coefficient (Wildman–Crippen LogP) is 2.81. The lowest BCUT2D eigenvalue weighted by Crippen LogP contribution is -2.07. The molecule has 0 spiro atoms. The van der Waals surface area contributed by atoms with Crippen molar-refractivity contribution in [1.29, 1.82) is 0 Å². The lowest BCUT2D eigenvalue weighted by molar-refractivity contribution is 0.0880. The van der Waals surface area contributed by atoms with Gasteiger partial charge in [-0.05, 0) is 26.0 Å². The van der Waals surface area contributed by atoms with E-state index in [1.807, 2.05) is 6.92 Å². The maximum absolute atomic E-state index is 11.9. The molecule has 0 radical (unpaired) electrons. The van der Waals surface area contributed by atoms with Crippen LogP contribution in [0.2, 0.25) is 0 Å². The quantitative estimate of drug-likeness (QED) is 0.617. The van der Waals surface area contributed by atoms with Crippen LogP contribution in [-0.4, -0.2) is 16.6 Å². The molecule has 0 aromatic carbocycles. The Morgan fingerprint density at radius 1 is 1.35 bits per heavy atom. The maximum Gasteiger partial charge on any atom is 0.205 e. The van der Waals surface area contributed by atoms with E-state index in [0.717, 1.165) is 5.01 Å². The molecule has 0 saturated heterocycles. The second-order valence-electron chi connectivity index (χ2n) is 3.65. The van der Waals surface area contributed by atoms with Crippen LogP contribution in [0.25, 0.3) is 0 Å². The molecular weight excluding hydrogens is 238 g/mol. The van der Waals surface area contributed by atoms with Crippen molar-refractivity contribution in [3.63, 3.8) is 0 Å². The predicted molar refractivity (Wildman–Crippen MR) is 63.6 cm³/mol. The van der Waals surface area contributed by atoms with Crippen LogP contribution in [0.15, 0.2) is 22.8 Å². The van der Waals surface area contributed by atoms with Crippen LogP contribution in [0.1, 0.15) is 37.3 Å². The van der Waals surface area contributed by atoms with E-state index in [1.54, 1.807) is 19.1 Å². The van der Waals surface area contributed by atoms with Crippen LogP contribution in [0.3, 0.4) is 0 Å². The van der Waals surface area contributed by atoms with Crippen LogP contribution < -0.4 is 0 Å². The molecule has 88 valence electrons. The number of rotatable bonds is 4. The van der Waals surface area contributed by atoms with Crippen LogP contribution in [0.5, 0.6) is 0 Å². The van der Waals surface area contributed by atoms with Gasteiger partial charge in [-0.3, -0.25) is 9.59 Å². The van der Waals surface area contributed by atoms with E-state index in [2.05, 4.69) is 4.98 Å². The maximum atomic E-state index is 11.9. The van der Waals surface area contributed by atoms with Gasteiger partial charge >= 0.3 is 0 Å². The van der Waals surface area contributed by atoms with Crippen molar-refractivity contribution in [3.8, 4) is 0 Å². The summed E-state index contributed by atoms with van der Waals surface area (Å²) < 4.78 is 4.95. The van der Waals surface area contributed by atoms with Gasteiger partial charge in [-0.25, -0.2) is 4.98 Å². The van der Waals surface area contributed by atoms with Crippen LogP contribution >= 0.6 is 11.3 Å². The van der Waals surface area contributed by atoms with Crippen molar-refractivity contribution in [2.24, 2.45) is 0 Å². The van der Waals surface area contributed by atoms with E-state index in [9.17, 15) is 9.59 Å². The fourth-order valence-electron chi connectivity index (χ4n) is 1.54. The van der Waals surface area contributed by atoms with E-state index >= 15 is 0 Å². The Balaban J connectivity index is 2.12. The molecule has 0 amide bonds. The monoisotopic (exact) mass is 249 g/mol. The Morgan fingerprint density at radius 2 is 2.12 bits per heavy atom. The molecule has 0 saturated carbocycles. The number of carbonyl (C=O) groups excluding carboxylic acids is 2. The average Bonchev–Trinajstić information content (AvgIpc) is 2.87. The number of hydrogen-bond donors (Lipinski definition) is 0. The van der Waals surface area contributed by atoms with Crippen LogP contribution in [0.4, 0.5) is 0 Å². The summed E-state index contributed by atoms with van der Waals surface area (Å²) in [6.45, 7) is 3.61. The lowest BCUT2D eigenvalue weighted by Gasteiger charge is -1.96. The molecule has 2 heterocycles. The highest BCUT2D eigenvalue weighted by Gasteiger charge is 2.19. The topological polar surface area (TPSA) is 60.2 Å². The number of carbonyl (C=O) groups is 2. The first kappa shape index (κ1) is 11.7. The SMILES string of the molecule is Cc1nc(C)c(C(=O)CC(=O)c2ccco2)s1. The first-order chi connectivity index (χ1) is 8.08. The van der Waals surface area contributed by atoms with Crippen LogP contribution in [-0.2, 0) is 0 Å². The molecular formula is C12H11NO3S. The van der Waals surface area contributed by atoms with Gasteiger partial charge in [0.15, 0.2) is 11.5 Å². The number of aryl methyl sites for hydroxylation is 2. The molecule has 0 N–H and O–H groups in total. The van der Waals surface area contributed by atoms with Gasteiger partial charge in [-0.1, -0.05) is 0 Å². The third kappa shape index (κ3) is 2.50. The minimum Gasteiger partial charge on any atom is -0.461 e. The van der Waals surface area contributed by atoms with Crippen molar-refractivity contribution in [1.82, 2.24) is 4.98 Å². The van der Waals surface area contributed by atoms with Crippen LogP contribution in [0, 0.1) is 13.8 Å². The molecule has 5 heteroatoms. The highest BCUT2D eigenvalue weighted by atomic mass is 32.1. The van der Waals surface area contributed by atoms with Gasteiger partial charge in [0.2, 0.25) is 5.78 Å². The third-order valence-electron chi connectivity index (χ3n) is 2.27. The first-order valence-corrected chi connectivity index (χ1v) is 5.93. The first-order valence-electron chi connectivity index (χ1n) is 5.12. The van der Waals surface area contributed by atoms with Gasteiger partial charge in [0.05, 0.1) is 28.3 Å². The zero-order valence-electron chi connectivity index (χ0n) is 9.52. The fourth-order valence-corrected chi connectivity index (χ4v) is 2.40. The molecule has 0 fully saturated rings. The van der Waals surface area contributed by atoms with Gasteiger partial charge in [-0.2, -0.15) is 0 Å². The highest BCUT2D eigenvalue weighted by molar-refractivity contribution is 7.13. The van der Waals surface area contributed by atoms with Crippen molar-refractivity contribution in [3.05, 3.63) is 39.7 Å². The summed E-state index contributed by atoms with van der Waals surface area (Å²) in [4.78, 5) is 28.3. The van der Waals surface area contributed by atoms with Gasteiger partial charge in [0.1, 0.15) is 0 Å². The van der Waals surface area contributed by atoms with Crippen molar-refractivity contribution in [2.75, 3.05) is 0 Å². The Morgan fingerprint density at radius 3 is 2.65 bits per heavy atom. The van der Waals surface area contributed by atoms with E-state index < -0.39 is 0 Å². The molecule has 0 aliphatic heterocycles. The van der Waals surface area contributed by atoms with Gasteiger partial charge in [0.25, 0.3) is 0 Å². The lowest BCUT2D eigenvalue weighted by atomic mass is 10.1. The number of furan rings is 1. The molecule has 4 nitrogen and oxygen atoms in total. The van der Waals surface area contributed by atoms with Gasteiger partial charge < -0.3 is 4.42 Å². The van der Waals surface area contributed by atoms with Crippen molar-refractivity contribution in [2.45, 2.75) is 20.3 Å². The summed E-state index contributed by atoms with van der Waals surface area (Å²) in [5.41, 5.74) is 0.685. The second-order valence-corrected chi connectivity index (χ2v) is 4.85. The fraction of sp³-hybridized carbons (Fsp3) is 0.250. The van der Waals surface area contributed by atoms with E-state index in [1.165, 1.54) is 17.6 Å². The zero-order chi connectivity index (χ0) is 12.4. The van der Waals surface area contributed by atoms with Crippen molar-refractivity contribution < 1.29 is 14.0 Å². The van der Waals surface area contributed by atoms with Gasteiger partial charge in [-0.15, -0.1) is 11.3 Å². The molecule has 0 bridgehead atoms. The zero-order valence-corrected chi connectivity index (χ0v) is 10.3. The summed E-state index contributed by atoms with van der Waals surface area (Å²) in [7, 11) is 0. The molecule has 17 heavy (non-hydrogen) atoms. The highest BCUT2D eigenvalue weighted by Crippen LogP contribution is 2.19. The van der Waals surface area contributed by atoms with Gasteiger partial charge in [0, 0.05) is 0 Å². The minimum atomic E-state index is -0.301. The summed E-state index contributed by atoms with van der Waals surface area (Å²) >= 11 is 1.32. The Bertz CT molecular complexity index is 554. The van der Waals surface area contributed by atoms with E-state index in [-0.39, 0.29) is 23.7 Å². The average molecular weight is 249 g/mol. The molecule has 0 atom stereocenters. The van der Waals surface area contributed by atoms with E-state index in [4.69, 9.17) is 4.42 Å². The summed E-state index contributed by atoms with van der Waals surface area (Å²) in [5.74, 6) is -0.280. The van der Waals surface area contributed by atoms with Crippen molar-refractivity contribution >= 4 is 22.9 Å².